The van der Waals surface area contributed by atoms with Crippen molar-refractivity contribution in [1.82, 2.24) is 5.32 Å². The van der Waals surface area contributed by atoms with E-state index in [1.165, 1.54) is 18.4 Å². The molecular formula is C18H22N2O2. The number of carbonyl (C=O) groups excluding carboxylic acids is 1. The molecule has 1 aliphatic rings. The van der Waals surface area contributed by atoms with Crippen LogP contribution >= 0.6 is 0 Å². The summed E-state index contributed by atoms with van der Waals surface area (Å²) < 4.78 is 5.59. The van der Waals surface area contributed by atoms with E-state index >= 15 is 0 Å². The minimum Gasteiger partial charge on any atom is -0.480 e. The molecule has 1 aliphatic carbocycles. The van der Waals surface area contributed by atoms with Gasteiger partial charge >= 0.3 is 0 Å². The Kier molecular flexibility index (Phi) is 6.02. The summed E-state index contributed by atoms with van der Waals surface area (Å²) in [6, 6.07) is 9.00. The molecule has 4 nitrogen and oxygen atoms in total. The highest BCUT2D eigenvalue weighted by Crippen LogP contribution is 2.20. The van der Waals surface area contributed by atoms with E-state index in [9.17, 15) is 4.79 Å². The summed E-state index contributed by atoms with van der Waals surface area (Å²) >= 11 is 0. The topological polar surface area (TPSA) is 62.1 Å². The van der Waals surface area contributed by atoms with Gasteiger partial charge in [-0.3, -0.25) is 4.79 Å². The molecule has 0 bridgehead atoms. The monoisotopic (exact) mass is 298 g/mol. The lowest BCUT2D eigenvalue weighted by molar-refractivity contribution is -0.127. The fraction of sp³-hybridized carbons (Fsp3) is 0.444. The molecule has 0 saturated carbocycles. The second-order valence-electron chi connectivity index (χ2n) is 5.52. The van der Waals surface area contributed by atoms with Crippen molar-refractivity contribution in [3.8, 4) is 11.8 Å². The molecule has 1 atom stereocenters. The van der Waals surface area contributed by atoms with Crippen molar-refractivity contribution < 1.29 is 9.53 Å². The third-order valence-electron chi connectivity index (χ3n) is 3.81. The molecule has 1 aromatic carbocycles. The highest BCUT2D eigenvalue weighted by Gasteiger charge is 2.16. The van der Waals surface area contributed by atoms with Crippen LogP contribution < -0.4 is 10.1 Å². The number of rotatable bonds is 6. The van der Waals surface area contributed by atoms with Crippen LogP contribution in [0.1, 0.15) is 44.6 Å². The summed E-state index contributed by atoms with van der Waals surface area (Å²) in [6.07, 6.45) is 7.43. The fourth-order valence-corrected chi connectivity index (χ4v) is 2.53. The van der Waals surface area contributed by atoms with Gasteiger partial charge in [0.1, 0.15) is 11.8 Å². The Morgan fingerprint density at radius 1 is 1.41 bits per heavy atom. The number of hydrogen-bond acceptors (Lipinski definition) is 3. The van der Waals surface area contributed by atoms with Crippen molar-refractivity contribution in [3.05, 3.63) is 41.5 Å². The van der Waals surface area contributed by atoms with E-state index in [2.05, 4.69) is 17.5 Å². The van der Waals surface area contributed by atoms with Crippen LogP contribution in [0.3, 0.4) is 0 Å². The molecule has 0 radical (unpaired) electrons. The molecule has 1 amide bonds. The number of nitrogens with zero attached hydrogens (tertiary/aromatic N) is 1. The SMILES string of the molecule is CC(Oc1ccccc1C#N)C(=O)NCCC1=CCCCC1. The number of carbonyl (C=O) groups is 1. The maximum absolute atomic E-state index is 12.1. The molecule has 0 spiro atoms. The largest absolute Gasteiger partial charge is 0.480 e. The number of para-hydroxylation sites is 1. The summed E-state index contributed by atoms with van der Waals surface area (Å²) in [5.41, 5.74) is 1.88. The Bertz CT molecular complexity index is 587. The van der Waals surface area contributed by atoms with Gasteiger partial charge in [-0.2, -0.15) is 5.26 Å². The third-order valence-corrected chi connectivity index (χ3v) is 3.81. The molecule has 0 heterocycles. The summed E-state index contributed by atoms with van der Waals surface area (Å²) in [4.78, 5) is 12.1. The maximum Gasteiger partial charge on any atom is 0.260 e. The second-order valence-corrected chi connectivity index (χ2v) is 5.52. The number of nitriles is 1. The van der Waals surface area contributed by atoms with Crippen LogP contribution in [0.5, 0.6) is 5.75 Å². The molecule has 1 aromatic rings. The lowest BCUT2D eigenvalue weighted by atomic mass is 9.97. The van der Waals surface area contributed by atoms with E-state index in [-0.39, 0.29) is 5.91 Å². The van der Waals surface area contributed by atoms with Crippen LogP contribution in [0.15, 0.2) is 35.9 Å². The first-order valence-corrected chi connectivity index (χ1v) is 7.82. The average molecular weight is 298 g/mol. The van der Waals surface area contributed by atoms with Gasteiger partial charge in [0.2, 0.25) is 0 Å². The Hall–Kier alpha value is -2.28. The van der Waals surface area contributed by atoms with Gasteiger partial charge in [0.25, 0.3) is 5.91 Å². The Balaban J connectivity index is 1.79. The lowest BCUT2D eigenvalue weighted by Gasteiger charge is -2.16. The van der Waals surface area contributed by atoms with Crippen LogP contribution in [0.2, 0.25) is 0 Å². The minimum atomic E-state index is -0.616. The first-order chi connectivity index (χ1) is 10.7. The predicted molar refractivity (Wildman–Crippen MR) is 85.4 cm³/mol. The molecule has 22 heavy (non-hydrogen) atoms. The van der Waals surface area contributed by atoms with Crippen molar-refractivity contribution in [2.24, 2.45) is 0 Å². The summed E-state index contributed by atoms with van der Waals surface area (Å²) in [7, 11) is 0. The fourth-order valence-electron chi connectivity index (χ4n) is 2.53. The van der Waals surface area contributed by atoms with E-state index in [1.807, 2.05) is 0 Å². The molecule has 1 N–H and O–H groups in total. The van der Waals surface area contributed by atoms with Gasteiger partial charge in [0.15, 0.2) is 6.10 Å². The molecular weight excluding hydrogens is 276 g/mol. The number of benzene rings is 1. The van der Waals surface area contributed by atoms with Crippen molar-refractivity contribution in [2.75, 3.05) is 6.54 Å². The maximum atomic E-state index is 12.1. The van der Waals surface area contributed by atoms with Crippen LogP contribution in [-0.4, -0.2) is 18.6 Å². The van der Waals surface area contributed by atoms with Gasteiger partial charge in [-0.25, -0.2) is 0 Å². The summed E-state index contributed by atoms with van der Waals surface area (Å²) in [6.45, 7) is 2.33. The van der Waals surface area contributed by atoms with Crippen LogP contribution in [0.25, 0.3) is 0 Å². The van der Waals surface area contributed by atoms with Crippen molar-refractivity contribution in [1.29, 1.82) is 5.26 Å². The number of hydrogen-bond donors (Lipinski definition) is 1. The van der Waals surface area contributed by atoms with E-state index < -0.39 is 6.10 Å². The first-order valence-electron chi connectivity index (χ1n) is 7.82. The van der Waals surface area contributed by atoms with Crippen molar-refractivity contribution in [2.45, 2.75) is 45.1 Å². The van der Waals surface area contributed by atoms with E-state index in [0.717, 1.165) is 19.3 Å². The zero-order valence-corrected chi connectivity index (χ0v) is 13.0. The average Bonchev–Trinajstić information content (AvgIpc) is 2.56. The molecule has 1 unspecified atom stereocenters. The first kappa shape index (κ1) is 16.1. The zero-order chi connectivity index (χ0) is 15.8. The third kappa shape index (κ3) is 4.63. The Morgan fingerprint density at radius 3 is 2.95 bits per heavy atom. The number of ether oxygens (including phenoxy) is 1. The molecule has 4 heteroatoms. The normalized spacial score (nSPS) is 15.4. The highest BCUT2D eigenvalue weighted by molar-refractivity contribution is 5.80. The van der Waals surface area contributed by atoms with Gasteiger partial charge in [-0.15, -0.1) is 0 Å². The van der Waals surface area contributed by atoms with Crippen LogP contribution in [0, 0.1) is 11.3 Å². The minimum absolute atomic E-state index is 0.149. The smallest absolute Gasteiger partial charge is 0.260 e. The molecule has 0 saturated heterocycles. The Morgan fingerprint density at radius 2 is 2.23 bits per heavy atom. The number of amides is 1. The summed E-state index contributed by atoms with van der Waals surface area (Å²) in [5.74, 6) is 0.298. The standard InChI is InChI=1S/C18H22N2O2/c1-14(22-17-10-6-5-9-16(17)13-19)18(21)20-12-11-15-7-3-2-4-8-15/h5-7,9-10,14H,2-4,8,11-12H2,1H3,(H,20,21). The highest BCUT2D eigenvalue weighted by atomic mass is 16.5. The van der Waals surface area contributed by atoms with Crippen molar-refractivity contribution in [3.63, 3.8) is 0 Å². The van der Waals surface area contributed by atoms with Gasteiger partial charge in [0.05, 0.1) is 5.56 Å². The second kappa shape index (κ2) is 8.23. The lowest BCUT2D eigenvalue weighted by Crippen LogP contribution is -2.37. The van der Waals surface area contributed by atoms with Crippen LogP contribution in [-0.2, 0) is 4.79 Å². The molecule has 116 valence electrons. The van der Waals surface area contributed by atoms with E-state index in [0.29, 0.717) is 17.9 Å². The van der Waals surface area contributed by atoms with Gasteiger partial charge < -0.3 is 10.1 Å². The Labute approximate surface area is 131 Å². The van der Waals surface area contributed by atoms with Gasteiger partial charge in [-0.1, -0.05) is 23.8 Å². The van der Waals surface area contributed by atoms with Gasteiger partial charge in [-0.05, 0) is 51.2 Å². The number of allylic oxidation sites excluding steroid dienone is 1. The molecule has 0 aromatic heterocycles. The van der Waals surface area contributed by atoms with Gasteiger partial charge in [0, 0.05) is 6.54 Å². The quantitative estimate of drug-likeness (QED) is 0.819. The zero-order valence-electron chi connectivity index (χ0n) is 13.0. The summed E-state index contributed by atoms with van der Waals surface area (Å²) in [5, 5.41) is 11.9. The predicted octanol–water partition coefficient (Wildman–Crippen LogP) is 3.33. The van der Waals surface area contributed by atoms with Crippen molar-refractivity contribution >= 4 is 5.91 Å². The number of nitrogens with one attached hydrogen (secondary N) is 1. The molecule has 0 fully saturated rings. The van der Waals surface area contributed by atoms with E-state index in [4.69, 9.17) is 10.00 Å². The van der Waals surface area contributed by atoms with E-state index in [1.54, 1.807) is 31.2 Å². The van der Waals surface area contributed by atoms with Crippen LogP contribution in [0.4, 0.5) is 0 Å². The molecule has 2 rings (SSSR count). The molecule has 0 aliphatic heterocycles.